The maximum Gasteiger partial charge on any atom is 0.255 e. The molecule has 1 saturated heterocycles. The molecule has 7 nitrogen and oxygen atoms in total. The predicted octanol–water partition coefficient (Wildman–Crippen LogP) is 2.59. The summed E-state index contributed by atoms with van der Waals surface area (Å²) < 4.78 is 13.0. The smallest absolute Gasteiger partial charge is 0.255 e. The molecule has 28 heavy (non-hydrogen) atoms. The van der Waals surface area contributed by atoms with Crippen LogP contribution in [0.2, 0.25) is 0 Å². The molecule has 3 heterocycles. The SMILES string of the molecule is O=C(Nc1ccc(N2CCN(c3ncccn3)CC2)nc1)c1ccc(F)cc1. The summed E-state index contributed by atoms with van der Waals surface area (Å²) in [5.41, 5.74) is 0.985. The van der Waals surface area contributed by atoms with Gasteiger partial charge in [-0.2, -0.15) is 0 Å². The Bertz CT molecular complexity index is 925. The normalized spacial score (nSPS) is 14.0. The molecule has 0 atom stereocenters. The molecule has 2 aromatic heterocycles. The van der Waals surface area contributed by atoms with E-state index < -0.39 is 0 Å². The van der Waals surface area contributed by atoms with E-state index in [0.717, 1.165) is 37.9 Å². The Labute approximate surface area is 161 Å². The van der Waals surface area contributed by atoms with Gasteiger partial charge in [0.25, 0.3) is 5.91 Å². The fraction of sp³-hybridized carbons (Fsp3) is 0.200. The average Bonchev–Trinajstić information content (AvgIpc) is 2.75. The lowest BCUT2D eigenvalue weighted by molar-refractivity contribution is 0.102. The average molecular weight is 378 g/mol. The van der Waals surface area contributed by atoms with E-state index in [0.29, 0.717) is 11.3 Å². The number of aromatic nitrogens is 3. The van der Waals surface area contributed by atoms with Crippen molar-refractivity contribution in [2.75, 3.05) is 41.3 Å². The first-order valence-corrected chi connectivity index (χ1v) is 8.99. The first-order chi connectivity index (χ1) is 13.7. The number of halogens is 1. The summed E-state index contributed by atoms with van der Waals surface area (Å²) in [6, 6.07) is 10.9. The molecule has 1 aliphatic heterocycles. The molecule has 1 amide bonds. The molecule has 8 heteroatoms. The van der Waals surface area contributed by atoms with E-state index in [2.05, 4.69) is 30.1 Å². The minimum atomic E-state index is -0.374. The molecule has 0 saturated carbocycles. The van der Waals surface area contributed by atoms with Gasteiger partial charge >= 0.3 is 0 Å². The molecule has 1 N–H and O–H groups in total. The number of piperazine rings is 1. The molecule has 1 aromatic carbocycles. The molecule has 0 unspecified atom stereocenters. The first kappa shape index (κ1) is 17.8. The number of hydrogen-bond acceptors (Lipinski definition) is 6. The number of nitrogens with one attached hydrogen (secondary N) is 1. The largest absolute Gasteiger partial charge is 0.353 e. The Balaban J connectivity index is 1.35. The zero-order valence-electron chi connectivity index (χ0n) is 15.1. The Morgan fingerprint density at radius 1 is 0.893 bits per heavy atom. The van der Waals surface area contributed by atoms with Crippen LogP contribution in [0.3, 0.4) is 0 Å². The van der Waals surface area contributed by atoms with Gasteiger partial charge in [-0.25, -0.2) is 19.3 Å². The van der Waals surface area contributed by atoms with Crippen LogP contribution >= 0.6 is 0 Å². The lowest BCUT2D eigenvalue weighted by atomic mass is 10.2. The van der Waals surface area contributed by atoms with Gasteiger partial charge in [-0.1, -0.05) is 0 Å². The van der Waals surface area contributed by atoms with E-state index in [4.69, 9.17) is 0 Å². The van der Waals surface area contributed by atoms with E-state index in [-0.39, 0.29) is 11.7 Å². The Morgan fingerprint density at radius 2 is 1.57 bits per heavy atom. The van der Waals surface area contributed by atoms with Crippen LogP contribution in [-0.2, 0) is 0 Å². The third-order valence-corrected chi connectivity index (χ3v) is 4.55. The van der Waals surface area contributed by atoms with E-state index in [1.54, 1.807) is 24.7 Å². The summed E-state index contributed by atoms with van der Waals surface area (Å²) in [6.45, 7) is 3.25. The van der Waals surface area contributed by atoms with Crippen LogP contribution in [0.4, 0.5) is 21.8 Å². The van der Waals surface area contributed by atoms with Crippen LogP contribution in [0.25, 0.3) is 0 Å². The van der Waals surface area contributed by atoms with E-state index >= 15 is 0 Å². The summed E-state index contributed by atoms with van der Waals surface area (Å²) in [5, 5.41) is 2.77. The maximum absolute atomic E-state index is 13.0. The van der Waals surface area contributed by atoms with Gasteiger partial charge in [0, 0.05) is 44.1 Å². The minimum Gasteiger partial charge on any atom is -0.353 e. The van der Waals surface area contributed by atoms with Gasteiger partial charge in [-0.3, -0.25) is 4.79 Å². The van der Waals surface area contributed by atoms with Crippen molar-refractivity contribution >= 4 is 23.4 Å². The number of carbonyl (C=O) groups is 1. The highest BCUT2D eigenvalue weighted by Crippen LogP contribution is 2.18. The molecule has 1 aliphatic rings. The van der Waals surface area contributed by atoms with E-state index in [1.165, 1.54) is 24.3 Å². The van der Waals surface area contributed by atoms with Crippen molar-refractivity contribution in [1.82, 2.24) is 15.0 Å². The number of anilines is 3. The molecular weight excluding hydrogens is 359 g/mol. The van der Waals surface area contributed by atoms with Gasteiger partial charge in [0.2, 0.25) is 5.95 Å². The van der Waals surface area contributed by atoms with Crippen molar-refractivity contribution < 1.29 is 9.18 Å². The lowest BCUT2D eigenvalue weighted by Crippen LogP contribution is -2.47. The van der Waals surface area contributed by atoms with Gasteiger partial charge in [-0.15, -0.1) is 0 Å². The molecule has 0 bridgehead atoms. The molecule has 0 spiro atoms. The van der Waals surface area contributed by atoms with Crippen molar-refractivity contribution in [3.05, 3.63) is 72.4 Å². The summed E-state index contributed by atoms with van der Waals surface area (Å²) in [5.74, 6) is 0.926. The quantitative estimate of drug-likeness (QED) is 0.752. The first-order valence-electron chi connectivity index (χ1n) is 8.99. The second-order valence-electron chi connectivity index (χ2n) is 6.39. The van der Waals surface area contributed by atoms with Crippen molar-refractivity contribution in [2.45, 2.75) is 0 Å². The van der Waals surface area contributed by atoms with Gasteiger partial charge in [0.05, 0.1) is 11.9 Å². The number of amides is 1. The van der Waals surface area contributed by atoms with Gasteiger partial charge < -0.3 is 15.1 Å². The Morgan fingerprint density at radius 3 is 2.21 bits per heavy atom. The number of benzene rings is 1. The van der Waals surface area contributed by atoms with Crippen molar-refractivity contribution in [2.24, 2.45) is 0 Å². The van der Waals surface area contributed by atoms with Crippen molar-refractivity contribution in [1.29, 1.82) is 0 Å². The number of rotatable bonds is 4. The fourth-order valence-corrected chi connectivity index (χ4v) is 3.04. The van der Waals surface area contributed by atoms with Crippen LogP contribution in [0.15, 0.2) is 61.1 Å². The standard InChI is InChI=1S/C20H19FN6O/c21-16-4-2-15(3-5-16)19(28)25-17-6-7-18(24-14-17)26-10-12-27(13-11-26)20-22-8-1-9-23-20/h1-9,14H,10-13H2,(H,25,28). The third kappa shape index (κ3) is 4.06. The Kier molecular flexibility index (Phi) is 5.09. The molecule has 1 fully saturated rings. The lowest BCUT2D eigenvalue weighted by Gasteiger charge is -2.35. The molecule has 142 valence electrons. The van der Waals surface area contributed by atoms with Gasteiger partial charge in [0.15, 0.2) is 0 Å². The van der Waals surface area contributed by atoms with Crippen molar-refractivity contribution in [3.8, 4) is 0 Å². The molecule has 3 aromatic rings. The van der Waals surface area contributed by atoms with Crippen LogP contribution in [0.1, 0.15) is 10.4 Å². The molecule has 0 aliphatic carbocycles. The topological polar surface area (TPSA) is 74.2 Å². The fourth-order valence-electron chi connectivity index (χ4n) is 3.04. The zero-order chi connectivity index (χ0) is 19.3. The monoisotopic (exact) mass is 378 g/mol. The van der Waals surface area contributed by atoms with Crippen molar-refractivity contribution in [3.63, 3.8) is 0 Å². The Hall–Kier alpha value is -3.55. The summed E-state index contributed by atoms with van der Waals surface area (Å²) >= 11 is 0. The highest BCUT2D eigenvalue weighted by atomic mass is 19.1. The summed E-state index contributed by atoms with van der Waals surface area (Å²) in [7, 11) is 0. The summed E-state index contributed by atoms with van der Waals surface area (Å²) in [4.78, 5) is 29.6. The van der Waals surface area contributed by atoms with Crippen LogP contribution in [0.5, 0.6) is 0 Å². The summed E-state index contributed by atoms with van der Waals surface area (Å²) in [6.07, 6.45) is 5.12. The molecule has 4 rings (SSSR count). The zero-order valence-corrected chi connectivity index (χ0v) is 15.1. The van der Waals surface area contributed by atoms with Gasteiger partial charge in [-0.05, 0) is 42.5 Å². The second kappa shape index (κ2) is 7.99. The highest BCUT2D eigenvalue weighted by molar-refractivity contribution is 6.04. The van der Waals surface area contributed by atoms with E-state index in [9.17, 15) is 9.18 Å². The van der Waals surface area contributed by atoms with Gasteiger partial charge in [0.1, 0.15) is 11.6 Å². The number of pyridine rings is 1. The second-order valence-corrected chi connectivity index (χ2v) is 6.39. The van der Waals surface area contributed by atoms with Crippen LogP contribution in [-0.4, -0.2) is 47.0 Å². The number of hydrogen-bond donors (Lipinski definition) is 1. The van der Waals surface area contributed by atoms with E-state index in [1.807, 2.05) is 12.1 Å². The minimum absolute atomic E-state index is 0.300. The third-order valence-electron chi connectivity index (χ3n) is 4.55. The molecular formula is C20H19FN6O. The van der Waals surface area contributed by atoms with Crippen LogP contribution < -0.4 is 15.1 Å². The van der Waals surface area contributed by atoms with Crippen LogP contribution in [0, 0.1) is 5.82 Å². The molecule has 0 radical (unpaired) electrons. The highest BCUT2D eigenvalue weighted by Gasteiger charge is 2.19. The number of nitrogens with zero attached hydrogens (tertiary/aromatic N) is 5. The number of carbonyl (C=O) groups excluding carboxylic acids is 1. The predicted molar refractivity (Wildman–Crippen MR) is 105 cm³/mol. The maximum atomic E-state index is 13.0.